The van der Waals surface area contributed by atoms with E-state index in [9.17, 15) is 41.2 Å². The van der Waals surface area contributed by atoms with Crippen molar-refractivity contribution in [3.63, 3.8) is 0 Å². The normalized spacial score (nSPS) is 24.2. The quantitative estimate of drug-likeness (QED) is 0.191. The van der Waals surface area contributed by atoms with Gasteiger partial charge in [-0.1, -0.05) is 53.9 Å². The summed E-state index contributed by atoms with van der Waals surface area (Å²) in [6.45, 7) is 8.84. The van der Waals surface area contributed by atoms with E-state index in [2.05, 4.69) is 31.4 Å². The lowest BCUT2D eigenvalue weighted by atomic mass is 9.82. The van der Waals surface area contributed by atoms with Crippen molar-refractivity contribution >= 4 is 39.7 Å². The third-order valence-electron chi connectivity index (χ3n) is 11.9. The van der Waals surface area contributed by atoms with Crippen LogP contribution in [0.1, 0.15) is 98.4 Å². The van der Waals surface area contributed by atoms with E-state index in [0.29, 0.717) is 37.0 Å². The number of halogens is 2. The number of sulfonamides is 1. The summed E-state index contributed by atoms with van der Waals surface area (Å²) < 4.78 is 66.4. The summed E-state index contributed by atoms with van der Waals surface area (Å²) in [6, 6.07) is 2.32. The fourth-order valence-electron chi connectivity index (χ4n) is 8.07. The highest BCUT2D eigenvalue weighted by Gasteiger charge is 2.67. The van der Waals surface area contributed by atoms with Crippen molar-refractivity contribution < 1.29 is 50.6 Å². The number of hydrogen-bond donors (Lipinski definition) is 4. The molecule has 2 aromatic rings. The molecule has 1 aromatic heterocycles. The molecule has 1 unspecified atom stereocenters. The number of rotatable bonds is 16. The molecule has 4 fully saturated rings. The summed E-state index contributed by atoms with van der Waals surface area (Å²) in [5.74, 6) is -4.64. The minimum atomic E-state index is -4.16. The van der Waals surface area contributed by atoms with Gasteiger partial charge in [0.1, 0.15) is 29.4 Å². The molecule has 5 amide bonds. The van der Waals surface area contributed by atoms with Gasteiger partial charge in [-0.25, -0.2) is 22.0 Å². The minimum Gasteiger partial charge on any atom is -0.497 e. The third kappa shape index (κ3) is 10.6. The topological polar surface area (TPSA) is 233 Å². The van der Waals surface area contributed by atoms with E-state index in [0.717, 1.165) is 19.3 Å². The van der Waals surface area contributed by atoms with E-state index in [1.54, 1.807) is 45.0 Å². The summed E-state index contributed by atoms with van der Waals surface area (Å²) in [4.78, 5) is 72.4. The number of alkyl halides is 2. The number of benzene rings is 1. The number of nitrogens with one attached hydrogen (secondary N) is 4. The first-order chi connectivity index (χ1) is 28.7. The second kappa shape index (κ2) is 18.2. The first kappa shape index (κ1) is 45.6. The van der Waals surface area contributed by atoms with Crippen LogP contribution in [0.15, 0.2) is 24.3 Å². The molecule has 18 nitrogen and oxygen atoms in total. The lowest BCUT2D eigenvalue weighted by molar-refractivity contribution is -0.145. The van der Waals surface area contributed by atoms with Crippen LogP contribution in [0, 0.1) is 23.2 Å². The molecule has 336 valence electrons. The summed E-state index contributed by atoms with van der Waals surface area (Å²) >= 11 is 0. The van der Waals surface area contributed by atoms with Crippen LogP contribution in [0.5, 0.6) is 5.75 Å². The molecule has 1 aromatic carbocycles. The van der Waals surface area contributed by atoms with Gasteiger partial charge in [-0.05, 0) is 78.8 Å². The predicted octanol–water partition coefficient (Wildman–Crippen LogP) is 3.10. The Kier molecular flexibility index (Phi) is 13.6. The Balaban J connectivity index is 1.29. The summed E-state index contributed by atoms with van der Waals surface area (Å²) in [6.07, 6.45) is 0.0736. The van der Waals surface area contributed by atoms with E-state index in [-0.39, 0.29) is 37.2 Å². The van der Waals surface area contributed by atoms with Crippen LogP contribution < -0.4 is 25.4 Å². The summed E-state index contributed by atoms with van der Waals surface area (Å²) in [5, 5.41) is 20.1. The molecule has 3 saturated carbocycles. The van der Waals surface area contributed by atoms with Crippen LogP contribution >= 0.6 is 0 Å². The molecule has 6 rings (SSSR count). The number of tetrazole rings is 1. The first-order valence-corrected chi connectivity index (χ1v) is 22.4. The number of nitrogens with zero attached hydrogens (tertiary/aromatic N) is 5. The molecular weight excluding hydrogens is 821 g/mol. The fraction of sp³-hybridized carbons (Fsp3) is 0.700. The summed E-state index contributed by atoms with van der Waals surface area (Å²) in [7, 11) is -2.64. The third-order valence-corrected chi connectivity index (χ3v) is 13.7. The molecule has 1 saturated heterocycles. The highest BCUT2D eigenvalue weighted by Crippen LogP contribution is 2.48. The van der Waals surface area contributed by atoms with Crippen LogP contribution in [-0.2, 0) is 33.9 Å². The summed E-state index contributed by atoms with van der Waals surface area (Å²) in [5.41, 5.74) is -2.64. The maximum absolute atomic E-state index is 14.9. The minimum absolute atomic E-state index is 0.0491. The first-order valence-electron chi connectivity index (χ1n) is 20.9. The second-order valence-electron chi connectivity index (χ2n) is 18.2. The van der Waals surface area contributed by atoms with Gasteiger partial charge in [0.05, 0.1) is 30.9 Å². The van der Waals surface area contributed by atoms with Gasteiger partial charge in [0.15, 0.2) is 0 Å². The van der Waals surface area contributed by atoms with Crippen LogP contribution in [0.3, 0.4) is 0 Å². The number of carbonyl (C=O) groups is 5. The van der Waals surface area contributed by atoms with Gasteiger partial charge >= 0.3 is 6.09 Å². The Morgan fingerprint density at radius 1 is 0.984 bits per heavy atom. The van der Waals surface area contributed by atoms with Crippen LogP contribution in [0.2, 0.25) is 0 Å². The highest BCUT2D eigenvalue weighted by atomic mass is 32.2. The van der Waals surface area contributed by atoms with Gasteiger partial charge < -0.3 is 30.3 Å². The molecule has 21 heteroatoms. The number of likely N-dealkylation sites (tertiary alicyclic amines) is 1. The number of carbonyl (C=O) groups excluding carboxylic acids is 5. The molecule has 6 atom stereocenters. The Bertz CT molecular complexity index is 2050. The van der Waals surface area contributed by atoms with Gasteiger partial charge in [0.2, 0.25) is 40.0 Å². The molecule has 0 spiro atoms. The molecule has 4 N–H and O–H groups in total. The Morgan fingerprint density at radius 2 is 1.66 bits per heavy atom. The second-order valence-corrected chi connectivity index (χ2v) is 20.1. The number of amides is 5. The predicted molar refractivity (Wildman–Crippen MR) is 215 cm³/mol. The van der Waals surface area contributed by atoms with Gasteiger partial charge in [-0.15, -0.1) is 10.2 Å². The van der Waals surface area contributed by atoms with Crippen molar-refractivity contribution in [2.45, 2.75) is 134 Å². The highest BCUT2D eigenvalue weighted by molar-refractivity contribution is 7.91. The molecule has 61 heavy (non-hydrogen) atoms. The maximum atomic E-state index is 14.9. The van der Waals surface area contributed by atoms with E-state index < -0.39 is 98.9 Å². The van der Waals surface area contributed by atoms with Crippen LogP contribution in [0.4, 0.5) is 13.6 Å². The molecule has 0 radical (unpaired) electrons. The smallest absolute Gasteiger partial charge is 0.407 e. The molecule has 0 bridgehead atoms. The van der Waals surface area contributed by atoms with Crippen molar-refractivity contribution in [1.29, 1.82) is 0 Å². The number of alkyl carbamates (subject to hydrolysis) is 1. The number of hydrogen-bond acceptors (Lipinski definition) is 12. The van der Waals surface area contributed by atoms with Crippen LogP contribution in [-0.4, -0.2) is 119 Å². The Labute approximate surface area is 354 Å². The van der Waals surface area contributed by atoms with Gasteiger partial charge in [-0.3, -0.25) is 23.9 Å². The van der Waals surface area contributed by atoms with E-state index in [1.165, 1.54) is 16.8 Å². The standard InChI is InChI=1S/C40H57F2N9O9S/c1-22(2)21-60-38(56)43-30(23-10-8-7-9-11-23)35(53)44-31(39(3,4)5)36(54)50-20-25(51-47-33(46-49-51)24-12-14-26(59-6)15-13-24)18-29(50)34(52)45-40(19-28(40)32(41)42)37(55)48-61(57,58)27-16-17-27/h12-15,22-23,25,27-32H,7-11,16-21H2,1-6H3,(H,43,56)(H,44,53)(H,45,52)(H,48,55)/t25-,28+,29?,30+,31-,40-/m1/s1. The molecule has 3 aliphatic carbocycles. The van der Waals surface area contributed by atoms with Gasteiger partial charge in [0.25, 0.3) is 5.91 Å². The van der Waals surface area contributed by atoms with E-state index >= 15 is 0 Å². The Hall–Kier alpha value is -4.95. The van der Waals surface area contributed by atoms with Crippen molar-refractivity contribution in [3.05, 3.63) is 24.3 Å². The van der Waals surface area contributed by atoms with Crippen molar-refractivity contribution in [2.75, 3.05) is 20.3 Å². The average Bonchev–Trinajstić information content (AvgIpc) is 4.10. The average molecular weight is 878 g/mol. The van der Waals surface area contributed by atoms with E-state index in [4.69, 9.17) is 9.47 Å². The van der Waals surface area contributed by atoms with Gasteiger partial charge in [-0.2, -0.15) is 4.80 Å². The fourth-order valence-corrected chi connectivity index (χ4v) is 9.43. The molecule has 1 aliphatic heterocycles. The zero-order valence-electron chi connectivity index (χ0n) is 35.4. The van der Waals surface area contributed by atoms with Gasteiger partial charge in [0, 0.05) is 18.5 Å². The Morgan fingerprint density at radius 3 is 2.23 bits per heavy atom. The number of methoxy groups -OCH3 is 1. The molecular formula is C40H57F2N9O9S. The lowest BCUT2D eigenvalue weighted by Gasteiger charge is -2.37. The van der Waals surface area contributed by atoms with E-state index in [1.807, 2.05) is 18.6 Å². The maximum Gasteiger partial charge on any atom is 0.407 e. The largest absolute Gasteiger partial charge is 0.497 e. The SMILES string of the molecule is COc1ccc(-c2nnn([C@@H]3CC(C(=O)N[C@]4(C(=O)NS(=O)(=O)C5CC5)C[C@H]4C(F)F)N(C(=O)[C@@H](NC(=O)[C@@H](NC(=O)OCC(C)C)C4CCCCC4)C(C)(C)C)C3)n2)cc1. The number of ether oxygens (including phenoxy) is 2. The van der Waals surface area contributed by atoms with Crippen molar-refractivity contribution in [2.24, 2.45) is 23.2 Å². The van der Waals surface area contributed by atoms with Crippen LogP contribution in [0.25, 0.3) is 11.4 Å². The molecule has 2 heterocycles. The zero-order chi connectivity index (χ0) is 44.4. The van der Waals surface area contributed by atoms with Crippen molar-refractivity contribution in [3.8, 4) is 17.1 Å². The number of aromatic nitrogens is 4. The monoisotopic (exact) mass is 877 g/mol. The zero-order valence-corrected chi connectivity index (χ0v) is 36.2. The molecule has 4 aliphatic rings. The van der Waals surface area contributed by atoms with Crippen molar-refractivity contribution in [1.82, 2.24) is 45.8 Å². The lowest BCUT2D eigenvalue weighted by Crippen LogP contribution is -2.62.